The van der Waals surface area contributed by atoms with E-state index in [-0.39, 0.29) is 5.82 Å². The summed E-state index contributed by atoms with van der Waals surface area (Å²) in [6, 6.07) is 6.44. The van der Waals surface area contributed by atoms with Crippen molar-refractivity contribution in [3.05, 3.63) is 28.5 Å². The Morgan fingerprint density at radius 1 is 1.21 bits per heavy atom. The van der Waals surface area contributed by atoms with Crippen LogP contribution in [-0.2, 0) is 0 Å². The lowest BCUT2D eigenvalue weighted by Gasteiger charge is -2.27. The summed E-state index contributed by atoms with van der Waals surface area (Å²) in [7, 11) is 0. The van der Waals surface area contributed by atoms with E-state index in [9.17, 15) is 4.39 Å². The minimum Gasteiger partial charge on any atom is -0.382 e. The van der Waals surface area contributed by atoms with E-state index in [1.54, 1.807) is 12.1 Å². The van der Waals surface area contributed by atoms with Gasteiger partial charge in [0.2, 0.25) is 0 Å². The molecule has 1 saturated carbocycles. The van der Waals surface area contributed by atoms with Gasteiger partial charge in [-0.1, -0.05) is 6.42 Å². The third-order valence-electron chi connectivity index (χ3n) is 4.46. The number of benzene rings is 1. The Hall–Kier alpha value is -0.610. The van der Waals surface area contributed by atoms with Crippen molar-refractivity contribution in [3.8, 4) is 0 Å². The molecule has 1 saturated heterocycles. The normalized spacial score (nSPS) is 30.7. The molecule has 2 fully saturated rings. The lowest BCUT2D eigenvalue weighted by atomic mass is 9.93. The van der Waals surface area contributed by atoms with E-state index in [0.29, 0.717) is 22.5 Å². The van der Waals surface area contributed by atoms with Gasteiger partial charge in [0.15, 0.2) is 0 Å². The summed E-state index contributed by atoms with van der Waals surface area (Å²) in [6.07, 6.45) is 6.34. The van der Waals surface area contributed by atoms with Crippen LogP contribution in [0.25, 0.3) is 0 Å². The van der Waals surface area contributed by atoms with E-state index < -0.39 is 0 Å². The van der Waals surface area contributed by atoms with Crippen molar-refractivity contribution < 1.29 is 4.39 Å². The molecular formula is C15H20BrFN2. The summed E-state index contributed by atoms with van der Waals surface area (Å²) < 4.78 is 14.1. The maximum atomic E-state index is 13.6. The molecule has 1 aromatic rings. The van der Waals surface area contributed by atoms with Crippen LogP contribution in [0.1, 0.15) is 32.1 Å². The molecule has 1 aromatic carbocycles. The lowest BCUT2D eigenvalue weighted by Crippen LogP contribution is -2.38. The maximum Gasteiger partial charge on any atom is 0.139 e. The first-order valence-electron chi connectivity index (χ1n) is 7.19. The highest BCUT2D eigenvalue weighted by atomic mass is 79.9. The molecule has 1 heterocycles. The molecule has 3 rings (SSSR count). The van der Waals surface area contributed by atoms with Crippen LogP contribution in [0.2, 0.25) is 0 Å². The molecule has 4 heteroatoms. The van der Waals surface area contributed by atoms with Crippen molar-refractivity contribution in [2.24, 2.45) is 5.92 Å². The predicted molar refractivity (Wildman–Crippen MR) is 79.9 cm³/mol. The van der Waals surface area contributed by atoms with Gasteiger partial charge in [0, 0.05) is 17.8 Å². The van der Waals surface area contributed by atoms with Crippen LogP contribution in [0.4, 0.5) is 10.1 Å². The summed E-state index contributed by atoms with van der Waals surface area (Å²) in [5, 5.41) is 7.15. The van der Waals surface area contributed by atoms with Gasteiger partial charge >= 0.3 is 0 Å². The molecule has 1 aliphatic carbocycles. The van der Waals surface area contributed by atoms with Crippen molar-refractivity contribution in [1.29, 1.82) is 0 Å². The van der Waals surface area contributed by atoms with E-state index in [2.05, 4.69) is 26.6 Å². The number of hydrogen-bond donors (Lipinski definition) is 2. The quantitative estimate of drug-likeness (QED) is 0.879. The second-order valence-electron chi connectivity index (χ2n) is 5.68. The van der Waals surface area contributed by atoms with Gasteiger partial charge in [-0.25, -0.2) is 4.39 Å². The Morgan fingerprint density at radius 2 is 2.11 bits per heavy atom. The van der Waals surface area contributed by atoms with Gasteiger partial charge < -0.3 is 10.6 Å². The largest absolute Gasteiger partial charge is 0.382 e. The molecule has 3 unspecified atom stereocenters. The average molecular weight is 327 g/mol. The van der Waals surface area contributed by atoms with E-state index in [1.807, 2.05) is 6.07 Å². The third kappa shape index (κ3) is 2.95. The molecule has 2 nitrogen and oxygen atoms in total. The van der Waals surface area contributed by atoms with Crippen molar-refractivity contribution in [2.75, 3.05) is 11.9 Å². The SMILES string of the molecule is Fc1cc(NC2CCCC2C2CCCN2)ccc1Br. The maximum absolute atomic E-state index is 13.6. The molecule has 0 amide bonds. The summed E-state index contributed by atoms with van der Waals surface area (Å²) in [6.45, 7) is 1.15. The first kappa shape index (κ1) is 13.4. The fourth-order valence-corrected chi connectivity index (χ4v) is 3.77. The first-order valence-corrected chi connectivity index (χ1v) is 7.98. The zero-order valence-corrected chi connectivity index (χ0v) is 12.5. The zero-order valence-electron chi connectivity index (χ0n) is 11.0. The van der Waals surface area contributed by atoms with Crippen LogP contribution in [0, 0.1) is 11.7 Å². The Bertz CT molecular complexity index is 446. The second kappa shape index (κ2) is 5.80. The van der Waals surface area contributed by atoms with E-state index in [0.717, 1.165) is 12.2 Å². The fraction of sp³-hybridized carbons (Fsp3) is 0.600. The average Bonchev–Trinajstić information content (AvgIpc) is 3.04. The number of halogens is 2. The Morgan fingerprint density at radius 3 is 2.84 bits per heavy atom. The van der Waals surface area contributed by atoms with Gasteiger partial charge in [-0.05, 0) is 72.3 Å². The van der Waals surface area contributed by atoms with Gasteiger partial charge in [0.25, 0.3) is 0 Å². The Balaban J connectivity index is 1.69. The topological polar surface area (TPSA) is 24.1 Å². The number of rotatable bonds is 3. The summed E-state index contributed by atoms with van der Waals surface area (Å²) >= 11 is 3.20. The number of nitrogens with one attached hydrogen (secondary N) is 2. The highest BCUT2D eigenvalue weighted by molar-refractivity contribution is 9.10. The van der Waals surface area contributed by atoms with Crippen molar-refractivity contribution >= 4 is 21.6 Å². The van der Waals surface area contributed by atoms with Crippen LogP contribution >= 0.6 is 15.9 Å². The van der Waals surface area contributed by atoms with Crippen LogP contribution in [-0.4, -0.2) is 18.6 Å². The van der Waals surface area contributed by atoms with E-state index in [1.165, 1.54) is 32.1 Å². The lowest BCUT2D eigenvalue weighted by molar-refractivity contribution is 0.376. The first-order chi connectivity index (χ1) is 9.24. The molecular weight excluding hydrogens is 307 g/mol. The van der Waals surface area contributed by atoms with Gasteiger partial charge in [0.05, 0.1) is 4.47 Å². The number of hydrogen-bond acceptors (Lipinski definition) is 2. The van der Waals surface area contributed by atoms with E-state index >= 15 is 0 Å². The van der Waals surface area contributed by atoms with Gasteiger partial charge in [0.1, 0.15) is 5.82 Å². The molecule has 2 aliphatic rings. The molecule has 0 radical (unpaired) electrons. The van der Waals surface area contributed by atoms with E-state index in [4.69, 9.17) is 0 Å². The van der Waals surface area contributed by atoms with Gasteiger partial charge in [-0.15, -0.1) is 0 Å². The van der Waals surface area contributed by atoms with Crippen molar-refractivity contribution in [2.45, 2.75) is 44.2 Å². The Kier molecular flexibility index (Phi) is 4.08. The van der Waals surface area contributed by atoms with Crippen molar-refractivity contribution in [1.82, 2.24) is 5.32 Å². The monoisotopic (exact) mass is 326 g/mol. The highest BCUT2D eigenvalue weighted by Crippen LogP contribution is 2.34. The molecule has 2 N–H and O–H groups in total. The molecule has 1 aliphatic heterocycles. The fourth-order valence-electron chi connectivity index (χ4n) is 3.53. The standard InChI is InChI=1S/C15H20BrFN2/c16-12-7-6-10(9-13(12)17)19-15-4-1-3-11(15)14-5-2-8-18-14/h6-7,9,11,14-15,18-19H,1-5,8H2. The van der Waals surface area contributed by atoms with Crippen molar-refractivity contribution in [3.63, 3.8) is 0 Å². The minimum atomic E-state index is -0.196. The van der Waals surface area contributed by atoms with Gasteiger partial charge in [-0.2, -0.15) is 0 Å². The van der Waals surface area contributed by atoms with Crippen LogP contribution in [0.5, 0.6) is 0 Å². The van der Waals surface area contributed by atoms with Crippen LogP contribution in [0.15, 0.2) is 22.7 Å². The third-order valence-corrected chi connectivity index (χ3v) is 5.10. The molecule has 19 heavy (non-hydrogen) atoms. The smallest absolute Gasteiger partial charge is 0.139 e. The molecule has 3 atom stereocenters. The minimum absolute atomic E-state index is 0.196. The Labute approximate surface area is 122 Å². The van der Waals surface area contributed by atoms with Crippen LogP contribution in [0.3, 0.4) is 0 Å². The molecule has 104 valence electrons. The molecule has 0 bridgehead atoms. The summed E-state index contributed by atoms with van der Waals surface area (Å²) in [5.41, 5.74) is 0.899. The summed E-state index contributed by atoms with van der Waals surface area (Å²) in [4.78, 5) is 0. The van der Waals surface area contributed by atoms with Gasteiger partial charge in [-0.3, -0.25) is 0 Å². The predicted octanol–water partition coefficient (Wildman–Crippen LogP) is 3.92. The highest BCUT2D eigenvalue weighted by Gasteiger charge is 2.34. The zero-order chi connectivity index (χ0) is 13.2. The molecule has 0 spiro atoms. The second-order valence-corrected chi connectivity index (χ2v) is 6.53. The molecule has 0 aromatic heterocycles. The summed E-state index contributed by atoms with van der Waals surface area (Å²) in [5.74, 6) is 0.493. The van der Waals surface area contributed by atoms with Crippen LogP contribution < -0.4 is 10.6 Å². The number of anilines is 1.